The molecule has 0 aliphatic carbocycles. The van der Waals surface area contributed by atoms with Gasteiger partial charge in [-0.3, -0.25) is 0 Å². The molecular formula is C17H18FNO4S. The van der Waals surface area contributed by atoms with Crippen molar-refractivity contribution in [3.63, 3.8) is 0 Å². The standard InChI is InChI=1S/C17H18FNO4S/c1-2-19(24(20,21)15-9-7-13(18)8-10-15)11-14-12-22-16-5-3-4-6-17(16)23-14/h3-10,14H,2,11-12H2,1H3/t14-/m1/s1. The van der Waals surface area contributed by atoms with Crippen LogP contribution >= 0.6 is 0 Å². The molecule has 5 nitrogen and oxygen atoms in total. The first kappa shape index (κ1) is 16.7. The molecule has 0 fully saturated rings. The van der Waals surface area contributed by atoms with E-state index in [9.17, 15) is 12.8 Å². The van der Waals surface area contributed by atoms with Crippen LogP contribution in [0.25, 0.3) is 0 Å². The minimum Gasteiger partial charge on any atom is -0.486 e. The van der Waals surface area contributed by atoms with Gasteiger partial charge in [0, 0.05) is 6.54 Å². The summed E-state index contributed by atoms with van der Waals surface area (Å²) in [5.74, 6) is 0.778. The third-order valence-electron chi connectivity index (χ3n) is 3.78. The van der Waals surface area contributed by atoms with Crippen molar-refractivity contribution in [2.24, 2.45) is 0 Å². The zero-order valence-corrected chi connectivity index (χ0v) is 14.0. The number of fused-ring (bicyclic) bond motifs is 1. The number of benzene rings is 2. The van der Waals surface area contributed by atoms with Gasteiger partial charge in [0.05, 0.1) is 11.4 Å². The van der Waals surface area contributed by atoms with E-state index in [4.69, 9.17) is 9.47 Å². The maximum atomic E-state index is 13.0. The SMILES string of the molecule is CCN(C[C@@H]1COc2ccccc2O1)S(=O)(=O)c1ccc(F)cc1. The number of halogens is 1. The Morgan fingerprint density at radius 3 is 2.46 bits per heavy atom. The predicted octanol–water partition coefficient (Wildman–Crippen LogP) is 2.68. The summed E-state index contributed by atoms with van der Waals surface area (Å²) in [6.07, 6.45) is -0.407. The van der Waals surface area contributed by atoms with Gasteiger partial charge in [-0.2, -0.15) is 4.31 Å². The van der Waals surface area contributed by atoms with Gasteiger partial charge in [-0.15, -0.1) is 0 Å². The van der Waals surface area contributed by atoms with Gasteiger partial charge in [-0.1, -0.05) is 19.1 Å². The molecule has 3 rings (SSSR count). The van der Waals surface area contributed by atoms with E-state index < -0.39 is 21.9 Å². The summed E-state index contributed by atoms with van der Waals surface area (Å²) in [5.41, 5.74) is 0. The van der Waals surface area contributed by atoms with Crippen molar-refractivity contribution >= 4 is 10.0 Å². The van der Waals surface area contributed by atoms with Crippen LogP contribution in [0.4, 0.5) is 4.39 Å². The Hall–Kier alpha value is -2.12. The molecule has 7 heteroatoms. The molecule has 0 aromatic heterocycles. The third-order valence-corrected chi connectivity index (χ3v) is 5.73. The van der Waals surface area contributed by atoms with Gasteiger partial charge in [-0.25, -0.2) is 12.8 Å². The first-order valence-corrected chi connectivity index (χ1v) is 9.09. The lowest BCUT2D eigenvalue weighted by molar-refractivity contribution is 0.0771. The molecule has 1 aliphatic heterocycles. The highest BCUT2D eigenvalue weighted by Gasteiger charge is 2.29. The highest BCUT2D eigenvalue weighted by Crippen LogP contribution is 2.31. The van der Waals surface area contributed by atoms with Crippen LogP contribution in [0, 0.1) is 5.82 Å². The number of rotatable bonds is 5. The normalized spacial score (nSPS) is 17.0. The quantitative estimate of drug-likeness (QED) is 0.831. The summed E-state index contributed by atoms with van der Waals surface area (Å²) < 4.78 is 51.2. The Kier molecular flexibility index (Phi) is 4.73. The molecule has 0 unspecified atom stereocenters. The van der Waals surface area contributed by atoms with Crippen LogP contribution in [0.3, 0.4) is 0 Å². The Morgan fingerprint density at radius 1 is 1.12 bits per heavy atom. The van der Waals surface area contributed by atoms with Crippen molar-refractivity contribution in [1.29, 1.82) is 0 Å². The second-order valence-corrected chi connectivity index (χ2v) is 7.35. The molecule has 24 heavy (non-hydrogen) atoms. The van der Waals surface area contributed by atoms with Crippen LogP contribution in [-0.4, -0.2) is 38.5 Å². The van der Waals surface area contributed by atoms with E-state index >= 15 is 0 Å². The second-order valence-electron chi connectivity index (χ2n) is 5.41. The number of hydrogen-bond donors (Lipinski definition) is 0. The average Bonchev–Trinajstić information content (AvgIpc) is 2.59. The van der Waals surface area contributed by atoms with Gasteiger partial charge >= 0.3 is 0 Å². The lowest BCUT2D eigenvalue weighted by atomic mass is 10.2. The number of hydrogen-bond acceptors (Lipinski definition) is 4. The molecule has 1 heterocycles. The number of nitrogens with zero attached hydrogens (tertiary/aromatic N) is 1. The monoisotopic (exact) mass is 351 g/mol. The molecule has 2 aromatic rings. The Labute approximate surface area is 140 Å². The van der Waals surface area contributed by atoms with Gasteiger partial charge in [-0.05, 0) is 36.4 Å². The zero-order chi connectivity index (χ0) is 17.2. The maximum absolute atomic E-state index is 13.0. The fourth-order valence-corrected chi connectivity index (χ4v) is 4.01. The average molecular weight is 351 g/mol. The van der Waals surface area contributed by atoms with Crippen LogP contribution in [0.15, 0.2) is 53.4 Å². The van der Waals surface area contributed by atoms with Gasteiger partial charge in [0.2, 0.25) is 10.0 Å². The van der Waals surface area contributed by atoms with E-state index in [-0.39, 0.29) is 24.6 Å². The lowest BCUT2D eigenvalue weighted by Crippen LogP contribution is -2.43. The van der Waals surface area contributed by atoms with Crippen LogP contribution in [-0.2, 0) is 10.0 Å². The summed E-state index contributed by atoms with van der Waals surface area (Å²) >= 11 is 0. The highest BCUT2D eigenvalue weighted by molar-refractivity contribution is 7.89. The van der Waals surface area contributed by atoms with Crippen LogP contribution in [0.2, 0.25) is 0 Å². The van der Waals surface area contributed by atoms with Crippen LogP contribution in [0.5, 0.6) is 11.5 Å². The van der Waals surface area contributed by atoms with E-state index in [0.29, 0.717) is 11.5 Å². The van der Waals surface area contributed by atoms with Gasteiger partial charge in [0.15, 0.2) is 11.5 Å². The zero-order valence-electron chi connectivity index (χ0n) is 13.2. The Morgan fingerprint density at radius 2 is 1.79 bits per heavy atom. The van der Waals surface area contributed by atoms with E-state index in [1.54, 1.807) is 19.1 Å². The minimum absolute atomic E-state index is 0.0582. The predicted molar refractivity (Wildman–Crippen MR) is 87.2 cm³/mol. The summed E-state index contributed by atoms with van der Waals surface area (Å²) in [6.45, 7) is 2.46. The minimum atomic E-state index is -3.71. The molecule has 2 aromatic carbocycles. The second kappa shape index (κ2) is 6.78. The molecule has 0 saturated heterocycles. The van der Waals surface area contributed by atoms with Crippen molar-refractivity contribution in [2.75, 3.05) is 19.7 Å². The first-order chi connectivity index (χ1) is 11.5. The summed E-state index contributed by atoms with van der Waals surface area (Å²) in [4.78, 5) is 0.0582. The van der Waals surface area contributed by atoms with E-state index in [1.165, 1.54) is 16.4 Å². The summed E-state index contributed by atoms with van der Waals surface area (Å²) in [5, 5.41) is 0. The third kappa shape index (κ3) is 3.37. The molecule has 1 aliphatic rings. The summed E-state index contributed by atoms with van der Waals surface area (Å²) in [7, 11) is -3.71. The maximum Gasteiger partial charge on any atom is 0.243 e. The Balaban J connectivity index is 1.76. The molecule has 0 bridgehead atoms. The highest BCUT2D eigenvalue weighted by atomic mass is 32.2. The van der Waals surface area contributed by atoms with Gasteiger partial charge < -0.3 is 9.47 Å². The molecule has 1 atom stereocenters. The largest absolute Gasteiger partial charge is 0.486 e. The van der Waals surface area contributed by atoms with Crippen LogP contribution in [0.1, 0.15) is 6.92 Å². The van der Waals surface area contributed by atoms with E-state index in [0.717, 1.165) is 12.1 Å². The van der Waals surface area contributed by atoms with Crippen molar-refractivity contribution in [3.05, 3.63) is 54.3 Å². The van der Waals surface area contributed by atoms with Crippen molar-refractivity contribution in [2.45, 2.75) is 17.9 Å². The number of ether oxygens (including phenoxy) is 2. The molecule has 0 amide bonds. The fraction of sp³-hybridized carbons (Fsp3) is 0.294. The molecular weight excluding hydrogens is 333 g/mol. The fourth-order valence-electron chi connectivity index (χ4n) is 2.53. The number of likely N-dealkylation sites (N-methyl/N-ethyl adjacent to an activating group) is 1. The topological polar surface area (TPSA) is 55.8 Å². The van der Waals surface area contributed by atoms with E-state index in [1.807, 2.05) is 12.1 Å². The lowest BCUT2D eigenvalue weighted by Gasteiger charge is -2.30. The number of sulfonamides is 1. The first-order valence-electron chi connectivity index (χ1n) is 7.65. The molecule has 0 radical (unpaired) electrons. The summed E-state index contributed by atoms with van der Waals surface area (Å²) in [6, 6.07) is 12.1. The molecule has 0 saturated carbocycles. The van der Waals surface area contributed by atoms with Crippen molar-refractivity contribution in [3.8, 4) is 11.5 Å². The Bertz CT molecular complexity index is 808. The molecule has 0 N–H and O–H groups in total. The van der Waals surface area contributed by atoms with Crippen molar-refractivity contribution in [1.82, 2.24) is 4.31 Å². The van der Waals surface area contributed by atoms with Crippen LogP contribution < -0.4 is 9.47 Å². The molecule has 128 valence electrons. The van der Waals surface area contributed by atoms with E-state index in [2.05, 4.69) is 0 Å². The van der Waals surface area contributed by atoms with Gasteiger partial charge in [0.25, 0.3) is 0 Å². The van der Waals surface area contributed by atoms with Gasteiger partial charge in [0.1, 0.15) is 18.5 Å². The number of para-hydroxylation sites is 2. The smallest absolute Gasteiger partial charge is 0.243 e. The molecule has 0 spiro atoms. The van der Waals surface area contributed by atoms with Crippen molar-refractivity contribution < 1.29 is 22.3 Å².